The summed E-state index contributed by atoms with van der Waals surface area (Å²) in [4.78, 5) is 19.5. The minimum absolute atomic E-state index is 0.0250. The van der Waals surface area contributed by atoms with Gasteiger partial charge in [-0.3, -0.25) is 0 Å². The van der Waals surface area contributed by atoms with Gasteiger partial charge in [0.25, 0.3) is 0 Å². The van der Waals surface area contributed by atoms with Crippen LogP contribution >= 0.6 is 15.9 Å². The summed E-state index contributed by atoms with van der Waals surface area (Å²) < 4.78 is 2.50. The molecule has 2 aliphatic rings. The minimum Gasteiger partial charge on any atom is -0.465 e. The molecular formula is C19H15BrN6O2. The summed E-state index contributed by atoms with van der Waals surface area (Å²) >= 11 is 3.48. The van der Waals surface area contributed by atoms with Crippen LogP contribution in [0, 0.1) is 11.3 Å². The van der Waals surface area contributed by atoms with E-state index in [4.69, 9.17) is 5.26 Å². The van der Waals surface area contributed by atoms with Crippen molar-refractivity contribution in [1.82, 2.24) is 19.7 Å². The minimum atomic E-state index is -0.849. The van der Waals surface area contributed by atoms with E-state index in [2.05, 4.69) is 37.0 Å². The van der Waals surface area contributed by atoms with E-state index in [1.807, 2.05) is 28.9 Å². The average molecular weight is 439 g/mol. The molecule has 140 valence electrons. The van der Waals surface area contributed by atoms with E-state index in [0.717, 1.165) is 28.8 Å². The molecule has 8 nitrogen and oxygen atoms in total. The first-order chi connectivity index (χ1) is 13.5. The SMILES string of the molecule is N#Cc1ccc2c(c1)c(Br)nn2-c1ccnc(N2C[C@@H]3C[C@H]2CN3C(=O)O)c1. The van der Waals surface area contributed by atoms with Crippen LogP contribution in [-0.2, 0) is 0 Å². The van der Waals surface area contributed by atoms with Crippen molar-refractivity contribution in [3.8, 4) is 11.8 Å². The molecule has 2 fully saturated rings. The quantitative estimate of drug-likeness (QED) is 0.660. The Morgan fingerprint density at radius 3 is 2.82 bits per heavy atom. The number of hydrogen-bond donors (Lipinski definition) is 1. The highest BCUT2D eigenvalue weighted by Crippen LogP contribution is 2.35. The summed E-state index contributed by atoms with van der Waals surface area (Å²) in [6, 6.07) is 11.7. The van der Waals surface area contributed by atoms with Gasteiger partial charge in [-0.2, -0.15) is 10.4 Å². The molecule has 5 rings (SSSR count). The van der Waals surface area contributed by atoms with Crippen LogP contribution in [0.25, 0.3) is 16.6 Å². The van der Waals surface area contributed by atoms with Crippen LogP contribution < -0.4 is 4.90 Å². The summed E-state index contributed by atoms with van der Waals surface area (Å²) in [6.07, 6.45) is 1.74. The van der Waals surface area contributed by atoms with Gasteiger partial charge in [-0.1, -0.05) is 0 Å². The van der Waals surface area contributed by atoms with Crippen molar-refractivity contribution in [2.75, 3.05) is 18.0 Å². The van der Waals surface area contributed by atoms with Crippen LogP contribution in [0.5, 0.6) is 0 Å². The summed E-state index contributed by atoms with van der Waals surface area (Å²) in [5.74, 6) is 0.823. The first-order valence-corrected chi connectivity index (χ1v) is 9.65. The van der Waals surface area contributed by atoms with E-state index in [0.29, 0.717) is 23.3 Å². The lowest BCUT2D eigenvalue weighted by Gasteiger charge is -2.33. The topological polar surface area (TPSA) is 98.3 Å². The highest BCUT2D eigenvalue weighted by atomic mass is 79.9. The monoisotopic (exact) mass is 438 g/mol. The molecule has 1 N–H and O–H groups in total. The fourth-order valence-corrected chi connectivity index (χ4v) is 4.70. The lowest BCUT2D eigenvalue weighted by molar-refractivity contribution is 0.137. The smallest absolute Gasteiger partial charge is 0.407 e. The molecule has 9 heteroatoms. The Kier molecular flexibility index (Phi) is 3.77. The van der Waals surface area contributed by atoms with Gasteiger partial charge < -0.3 is 14.9 Å². The van der Waals surface area contributed by atoms with Gasteiger partial charge in [0.15, 0.2) is 0 Å². The molecule has 2 saturated heterocycles. The molecule has 4 heterocycles. The third kappa shape index (κ3) is 2.52. The number of nitrogens with zero attached hydrogens (tertiary/aromatic N) is 6. The van der Waals surface area contributed by atoms with Gasteiger partial charge in [0, 0.05) is 30.7 Å². The highest BCUT2D eigenvalue weighted by molar-refractivity contribution is 9.10. The van der Waals surface area contributed by atoms with Crippen molar-refractivity contribution in [3.63, 3.8) is 0 Å². The Bertz CT molecular complexity index is 1150. The molecule has 28 heavy (non-hydrogen) atoms. The molecule has 3 aromatic rings. The molecular weight excluding hydrogens is 424 g/mol. The fraction of sp³-hybridized carbons (Fsp3) is 0.263. The molecule has 2 aliphatic heterocycles. The van der Waals surface area contributed by atoms with Gasteiger partial charge in [0.05, 0.1) is 34.9 Å². The highest BCUT2D eigenvalue weighted by Gasteiger charge is 2.45. The number of aromatic nitrogens is 3. The number of hydrogen-bond acceptors (Lipinski definition) is 5. The zero-order chi connectivity index (χ0) is 19.4. The Balaban J connectivity index is 1.50. The Labute approximate surface area is 168 Å². The van der Waals surface area contributed by atoms with Crippen LogP contribution in [0.15, 0.2) is 41.1 Å². The normalized spacial score (nSPS) is 20.7. The van der Waals surface area contributed by atoms with Crippen molar-refractivity contribution >= 4 is 38.7 Å². The van der Waals surface area contributed by atoms with E-state index in [1.54, 1.807) is 12.3 Å². The van der Waals surface area contributed by atoms with Crippen molar-refractivity contribution < 1.29 is 9.90 Å². The van der Waals surface area contributed by atoms with Crippen molar-refractivity contribution in [2.45, 2.75) is 18.5 Å². The number of amides is 1. The van der Waals surface area contributed by atoms with E-state index in [1.165, 1.54) is 4.90 Å². The third-order valence-electron chi connectivity index (χ3n) is 5.52. The zero-order valence-electron chi connectivity index (χ0n) is 14.7. The molecule has 0 spiro atoms. The number of rotatable bonds is 2. The number of carboxylic acid groups (broad SMARTS) is 1. The zero-order valence-corrected chi connectivity index (χ0v) is 16.2. The second-order valence-corrected chi connectivity index (χ2v) is 7.80. The van der Waals surface area contributed by atoms with Gasteiger partial charge in [-0.25, -0.2) is 14.5 Å². The van der Waals surface area contributed by atoms with Gasteiger partial charge in [-0.15, -0.1) is 0 Å². The number of carbonyl (C=O) groups is 1. The first-order valence-electron chi connectivity index (χ1n) is 8.86. The largest absolute Gasteiger partial charge is 0.465 e. The number of fused-ring (bicyclic) bond motifs is 3. The number of anilines is 1. The number of halogens is 1. The van der Waals surface area contributed by atoms with Crippen LogP contribution in [0.4, 0.5) is 10.6 Å². The Morgan fingerprint density at radius 2 is 2.11 bits per heavy atom. The number of nitriles is 1. The second kappa shape index (κ2) is 6.21. The summed E-state index contributed by atoms with van der Waals surface area (Å²) in [5.41, 5.74) is 2.34. The van der Waals surface area contributed by atoms with Crippen molar-refractivity contribution in [2.24, 2.45) is 0 Å². The van der Waals surface area contributed by atoms with Crippen LogP contribution in [0.3, 0.4) is 0 Å². The molecule has 1 amide bonds. The summed E-state index contributed by atoms with van der Waals surface area (Å²) in [5, 5.41) is 23.9. The van der Waals surface area contributed by atoms with Gasteiger partial charge in [0.1, 0.15) is 10.4 Å². The number of piperazine rings is 1. The van der Waals surface area contributed by atoms with Crippen molar-refractivity contribution in [3.05, 3.63) is 46.7 Å². The predicted molar refractivity (Wildman–Crippen MR) is 106 cm³/mol. The Morgan fingerprint density at radius 1 is 1.25 bits per heavy atom. The fourth-order valence-electron chi connectivity index (χ4n) is 4.23. The molecule has 2 atom stereocenters. The number of pyridine rings is 1. The molecule has 2 bridgehead atoms. The van der Waals surface area contributed by atoms with Gasteiger partial charge >= 0.3 is 6.09 Å². The van der Waals surface area contributed by atoms with E-state index in [-0.39, 0.29) is 12.1 Å². The maximum absolute atomic E-state index is 11.3. The van der Waals surface area contributed by atoms with Crippen molar-refractivity contribution in [1.29, 1.82) is 5.26 Å². The molecule has 1 aromatic carbocycles. The van der Waals surface area contributed by atoms with Crippen LogP contribution in [0.1, 0.15) is 12.0 Å². The van der Waals surface area contributed by atoms with Crippen LogP contribution in [0.2, 0.25) is 0 Å². The van der Waals surface area contributed by atoms with E-state index < -0.39 is 6.09 Å². The molecule has 0 radical (unpaired) electrons. The van der Waals surface area contributed by atoms with E-state index in [9.17, 15) is 9.90 Å². The lowest BCUT2D eigenvalue weighted by Crippen LogP contribution is -2.48. The summed E-state index contributed by atoms with van der Waals surface area (Å²) in [6.45, 7) is 1.17. The molecule has 0 saturated carbocycles. The molecule has 0 unspecified atom stereocenters. The van der Waals surface area contributed by atoms with Gasteiger partial charge in [-0.05, 0) is 46.6 Å². The maximum atomic E-state index is 11.3. The second-order valence-electron chi connectivity index (χ2n) is 7.05. The van der Waals surface area contributed by atoms with E-state index >= 15 is 0 Å². The average Bonchev–Trinajstić information content (AvgIpc) is 3.41. The van der Waals surface area contributed by atoms with Crippen LogP contribution in [-0.4, -0.2) is 56.0 Å². The number of benzene rings is 1. The standard InChI is InChI=1S/C19H15BrN6O2/c20-18-15-5-11(8-21)1-2-16(15)26(23-18)12-3-4-22-17(7-12)24-9-14-6-13(24)10-25(14)19(27)28/h1-5,7,13-14H,6,9-10H2,(H,27,28)/t13-,14-/m0/s1. The van der Waals surface area contributed by atoms with Gasteiger partial charge in [0.2, 0.25) is 0 Å². The molecule has 0 aliphatic carbocycles. The predicted octanol–water partition coefficient (Wildman–Crippen LogP) is 3.00. The maximum Gasteiger partial charge on any atom is 0.407 e. The number of likely N-dealkylation sites (tertiary alicyclic amines) is 1. The first kappa shape index (κ1) is 17.0. The summed E-state index contributed by atoms with van der Waals surface area (Å²) in [7, 11) is 0. The lowest BCUT2D eigenvalue weighted by atomic mass is 10.2. The third-order valence-corrected chi connectivity index (χ3v) is 6.10. The molecule has 2 aromatic heterocycles. The Hall–Kier alpha value is -3.12.